The van der Waals surface area contributed by atoms with Crippen LogP contribution < -0.4 is 9.47 Å². The predicted molar refractivity (Wildman–Crippen MR) is 85.8 cm³/mol. The summed E-state index contributed by atoms with van der Waals surface area (Å²) in [5.41, 5.74) is 3.43. The number of fused-ring (bicyclic) bond motifs is 2. The van der Waals surface area contributed by atoms with E-state index in [0.717, 1.165) is 33.8 Å². The Balaban J connectivity index is 0.000000446. The third-order valence-electron chi connectivity index (χ3n) is 3.10. The molecule has 0 atom stereocenters. The van der Waals surface area contributed by atoms with E-state index >= 15 is 0 Å². The first-order valence-corrected chi connectivity index (χ1v) is 6.79. The molecule has 0 spiro atoms. The van der Waals surface area contributed by atoms with Crippen molar-refractivity contribution in [2.45, 2.75) is 6.92 Å². The number of allylic oxidation sites excluding steroid dienone is 1. The van der Waals surface area contributed by atoms with Gasteiger partial charge < -0.3 is 14.5 Å². The van der Waals surface area contributed by atoms with Crippen molar-refractivity contribution in [3.63, 3.8) is 0 Å². The highest BCUT2D eigenvalue weighted by atomic mass is 16.7. The van der Waals surface area contributed by atoms with Gasteiger partial charge in [0.2, 0.25) is 6.79 Å². The average Bonchev–Trinajstić information content (AvgIpc) is 3.22. The normalized spacial score (nSPS) is 11.9. The van der Waals surface area contributed by atoms with Gasteiger partial charge in [-0.2, -0.15) is 5.10 Å². The number of imidazole rings is 1. The molecule has 0 fully saturated rings. The minimum absolute atomic E-state index is 0.260. The van der Waals surface area contributed by atoms with E-state index in [2.05, 4.69) is 33.3 Å². The summed E-state index contributed by atoms with van der Waals surface area (Å²) in [6.45, 7) is 9.26. The van der Waals surface area contributed by atoms with Crippen LogP contribution in [0.1, 0.15) is 12.5 Å². The molecule has 0 bridgehead atoms. The van der Waals surface area contributed by atoms with E-state index in [-0.39, 0.29) is 6.79 Å². The molecule has 22 heavy (non-hydrogen) atoms. The van der Waals surface area contributed by atoms with Crippen LogP contribution in [0.25, 0.3) is 28.6 Å². The fraction of sp³-hybridized carbons (Fsp3) is 0.125. The van der Waals surface area contributed by atoms with Crippen molar-refractivity contribution in [3.05, 3.63) is 43.1 Å². The number of hydrogen-bond acceptors (Lipinski definition) is 4. The lowest BCUT2D eigenvalue weighted by molar-refractivity contribution is 0.174. The summed E-state index contributed by atoms with van der Waals surface area (Å²) in [4.78, 5) is 7.77. The van der Waals surface area contributed by atoms with Crippen molar-refractivity contribution in [3.8, 4) is 23.0 Å². The number of hydrogen-bond donors (Lipinski definition) is 2. The fourth-order valence-electron chi connectivity index (χ4n) is 2.16. The van der Waals surface area contributed by atoms with Gasteiger partial charge in [0, 0.05) is 17.7 Å². The molecular formula is C16H16N4O2. The van der Waals surface area contributed by atoms with E-state index in [1.54, 1.807) is 18.3 Å². The number of benzene rings is 1. The van der Waals surface area contributed by atoms with Crippen molar-refractivity contribution in [1.29, 1.82) is 0 Å². The molecule has 112 valence electrons. The van der Waals surface area contributed by atoms with Crippen molar-refractivity contribution in [2.75, 3.05) is 6.79 Å². The highest BCUT2D eigenvalue weighted by molar-refractivity contribution is 5.83. The van der Waals surface area contributed by atoms with E-state index in [0.29, 0.717) is 5.82 Å². The maximum Gasteiger partial charge on any atom is 0.231 e. The van der Waals surface area contributed by atoms with Gasteiger partial charge in [-0.05, 0) is 6.92 Å². The lowest BCUT2D eigenvalue weighted by atomic mass is 10.2. The summed E-state index contributed by atoms with van der Waals surface area (Å²) in [7, 11) is 0. The molecule has 1 aromatic carbocycles. The summed E-state index contributed by atoms with van der Waals surface area (Å²) in [5.74, 6) is 2.17. The van der Waals surface area contributed by atoms with Crippen LogP contribution in [0.2, 0.25) is 0 Å². The summed E-state index contributed by atoms with van der Waals surface area (Å²) in [6, 6.07) is 3.75. The molecule has 3 heterocycles. The van der Waals surface area contributed by atoms with E-state index in [4.69, 9.17) is 9.47 Å². The Morgan fingerprint density at radius 1 is 1.23 bits per heavy atom. The van der Waals surface area contributed by atoms with Gasteiger partial charge in [-0.3, -0.25) is 5.10 Å². The molecule has 2 N–H and O–H groups in total. The van der Waals surface area contributed by atoms with Crippen LogP contribution in [0.4, 0.5) is 0 Å². The molecule has 4 rings (SSSR count). The number of aromatic nitrogens is 4. The lowest BCUT2D eigenvalue weighted by Gasteiger charge is -1.93. The predicted octanol–water partition coefficient (Wildman–Crippen LogP) is 3.52. The minimum atomic E-state index is 0.260. The van der Waals surface area contributed by atoms with E-state index in [1.165, 1.54) is 0 Å². The van der Waals surface area contributed by atoms with E-state index in [1.807, 2.05) is 19.1 Å². The first-order valence-electron chi connectivity index (χ1n) is 6.79. The first-order chi connectivity index (χ1) is 10.8. The zero-order valence-corrected chi connectivity index (χ0v) is 12.2. The third kappa shape index (κ3) is 2.35. The average molecular weight is 296 g/mol. The summed E-state index contributed by atoms with van der Waals surface area (Å²) < 4.78 is 10.7. The monoisotopic (exact) mass is 296 g/mol. The zero-order valence-electron chi connectivity index (χ0n) is 12.2. The smallest absolute Gasteiger partial charge is 0.231 e. The molecule has 0 saturated carbocycles. The first kappa shape index (κ1) is 13.9. The van der Waals surface area contributed by atoms with Gasteiger partial charge in [-0.15, -0.1) is 6.58 Å². The standard InChI is InChI=1S/C13H10N4O2.C3H6/c1-2-7-5-14-17-12(7)13-15-8-3-10-11(19-6-18-10)4-9(8)16-13;1-3-2/h2-5H,1,6H2,(H,14,17)(H,15,16);3H,1H2,2H3. The van der Waals surface area contributed by atoms with Gasteiger partial charge in [-0.25, -0.2) is 4.98 Å². The molecule has 1 aliphatic heterocycles. The van der Waals surface area contributed by atoms with Crippen LogP contribution in [0.5, 0.6) is 11.5 Å². The molecule has 0 aliphatic carbocycles. The zero-order chi connectivity index (χ0) is 15.5. The fourth-order valence-corrected chi connectivity index (χ4v) is 2.16. The van der Waals surface area contributed by atoms with Crippen LogP contribution in [0.15, 0.2) is 37.6 Å². The van der Waals surface area contributed by atoms with Crippen molar-refractivity contribution in [2.24, 2.45) is 0 Å². The number of H-pyrrole nitrogens is 2. The Labute approximate surface area is 127 Å². The second-order valence-corrected chi connectivity index (χ2v) is 4.62. The number of nitrogens with one attached hydrogen (secondary N) is 2. The second kappa shape index (κ2) is 5.77. The Bertz CT molecular complexity index is 791. The maximum atomic E-state index is 5.35. The van der Waals surface area contributed by atoms with Gasteiger partial charge in [-0.1, -0.05) is 18.7 Å². The number of nitrogens with zero attached hydrogens (tertiary/aromatic N) is 2. The molecule has 0 amide bonds. The molecule has 3 aromatic rings. The molecule has 0 unspecified atom stereocenters. The van der Waals surface area contributed by atoms with Crippen LogP contribution in [-0.4, -0.2) is 27.0 Å². The van der Waals surface area contributed by atoms with Crippen LogP contribution in [0.3, 0.4) is 0 Å². The van der Waals surface area contributed by atoms with Gasteiger partial charge in [0.1, 0.15) is 5.69 Å². The SMILES string of the molecule is C=CC.C=Cc1cn[nH]c1-c1nc2cc3c(cc2[nH]1)OCO3. The van der Waals surface area contributed by atoms with E-state index < -0.39 is 0 Å². The van der Waals surface area contributed by atoms with Gasteiger partial charge >= 0.3 is 0 Å². The molecule has 6 nitrogen and oxygen atoms in total. The van der Waals surface area contributed by atoms with Gasteiger partial charge in [0.05, 0.1) is 17.2 Å². The molecular weight excluding hydrogens is 280 g/mol. The number of ether oxygens (including phenoxy) is 2. The molecule has 0 saturated heterocycles. The highest BCUT2D eigenvalue weighted by Gasteiger charge is 2.17. The Hall–Kier alpha value is -3.02. The maximum absolute atomic E-state index is 5.35. The molecule has 2 aromatic heterocycles. The highest BCUT2D eigenvalue weighted by Crippen LogP contribution is 2.36. The summed E-state index contributed by atoms with van der Waals surface area (Å²) >= 11 is 0. The topological polar surface area (TPSA) is 75.8 Å². The third-order valence-corrected chi connectivity index (χ3v) is 3.10. The van der Waals surface area contributed by atoms with Crippen LogP contribution >= 0.6 is 0 Å². The van der Waals surface area contributed by atoms with Crippen LogP contribution in [-0.2, 0) is 0 Å². The van der Waals surface area contributed by atoms with Crippen molar-refractivity contribution in [1.82, 2.24) is 20.2 Å². The molecule has 6 heteroatoms. The van der Waals surface area contributed by atoms with Crippen molar-refractivity contribution < 1.29 is 9.47 Å². The second-order valence-electron chi connectivity index (χ2n) is 4.62. The minimum Gasteiger partial charge on any atom is -0.454 e. The Morgan fingerprint density at radius 3 is 2.68 bits per heavy atom. The Morgan fingerprint density at radius 2 is 1.95 bits per heavy atom. The lowest BCUT2D eigenvalue weighted by Crippen LogP contribution is -1.92. The van der Waals surface area contributed by atoms with Gasteiger partial charge in [0.15, 0.2) is 17.3 Å². The number of rotatable bonds is 2. The summed E-state index contributed by atoms with van der Waals surface area (Å²) in [5, 5.41) is 6.91. The van der Waals surface area contributed by atoms with Crippen LogP contribution in [0, 0.1) is 0 Å². The molecule has 0 radical (unpaired) electrons. The van der Waals surface area contributed by atoms with E-state index in [9.17, 15) is 0 Å². The van der Waals surface area contributed by atoms with Gasteiger partial charge in [0.25, 0.3) is 0 Å². The Kier molecular flexibility index (Phi) is 3.65. The summed E-state index contributed by atoms with van der Waals surface area (Å²) in [6.07, 6.45) is 5.19. The number of aromatic amines is 2. The largest absolute Gasteiger partial charge is 0.454 e. The molecule has 1 aliphatic rings. The van der Waals surface area contributed by atoms with Crippen molar-refractivity contribution >= 4 is 17.1 Å². The quantitative estimate of drug-likeness (QED) is 0.709.